The van der Waals surface area contributed by atoms with Gasteiger partial charge in [0.05, 0.1) is 18.2 Å². The molecule has 21 heavy (non-hydrogen) atoms. The zero-order valence-electron chi connectivity index (χ0n) is 11.8. The van der Waals surface area contributed by atoms with Crippen LogP contribution < -0.4 is 16.2 Å². The number of β-amino-alcohol motifs (C(OH)–C–C–N with tert-alkyl or cyclic N) is 1. The van der Waals surface area contributed by atoms with Gasteiger partial charge in [0.1, 0.15) is 5.82 Å². The number of aliphatic hydroxyl groups excluding tert-OH is 1. The number of aliphatic hydroxyl groups is 1. The fourth-order valence-electron chi connectivity index (χ4n) is 2.67. The van der Waals surface area contributed by atoms with Crippen molar-refractivity contribution in [2.24, 2.45) is 5.84 Å². The molecule has 0 amide bonds. The summed E-state index contributed by atoms with van der Waals surface area (Å²) in [5.41, 5.74) is 3.16. The largest absolute Gasteiger partial charge is 0.395 e. The lowest BCUT2D eigenvalue weighted by Gasteiger charge is -2.23. The Morgan fingerprint density at radius 1 is 1.29 bits per heavy atom. The van der Waals surface area contributed by atoms with Gasteiger partial charge in [-0.05, 0) is 13.0 Å². The maximum atomic E-state index is 9.06. The molecule has 1 aliphatic heterocycles. The summed E-state index contributed by atoms with van der Waals surface area (Å²) in [6.07, 6.45) is 2.76. The number of hydrogen-bond donors (Lipinski definition) is 4. The molecule has 0 saturated carbocycles. The molecule has 5 N–H and O–H groups in total. The number of aromatic amines is 1. The molecular weight excluding hydrogens is 272 g/mol. The van der Waals surface area contributed by atoms with E-state index in [1.807, 2.05) is 0 Å². The summed E-state index contributed by atoms with van der Waals surface area (Å²) in [6, 6.07) is 0. The Morgan fingerprint density at radius 2 is 2.19 bits per heavy atom. The van der Waals surface area contributed by atoms with Crippen molar-refractivity contribution in [3.63, 3.8) is 0 Å². The lowest BCUT2D eigenvalue weighted by molar-refractivity contribution is 0.204. The molecule has 0 atom stereocenters. The fourth-order valence-corrected chi connectivity index (χ4v) is 2.67. The topological polar surface area (TPSA) is 119 Å². The van der Waals surface area contributed by atoms with Crippen LogP contribution in [0.5, 0.6) is 0 Å². The van der Waals surface area contributed by atoms with Gasteiger partial charge >= 0.3 is 0 Å². The van der Waals surface area contributed by atoms with Crippen molar-refractivity contribution in [2.45, 2.75) is 6.42 Å². The van der Waals surface area contributed by atoms with Crippen molar-refractivity contribution in [1.82, 2.24) is 25.1 Å². The Bertz CT molecular complexity index is 600. The van der Waals surface area contributed by atoms with Crippen LogP contribution in [-0.2, 0) is 0 Å². The molecule has 114 valence electrons. The number of nitrogens with one attached hydrogen (secondary N) is 2. The van der Waals surface area contributed by atoms with E-state index in [2.05, 4.69) is 35.4 Å². The smallest absolute Gasteiger partial charge is 0.241 e. The summed E-state index contributed by atoms with van der Waals surface area (Å²) in [6.45, 7) is 4.55. The number of fused-ring (bicyclic) bond motifs is 1. The van der Waals surface area contributed by atoms with Crippen molar-refractivity contribution in [1.29, 1.82) is 0 Å². The Labute approximate surface area is 122 Å². The van der Waals surface area contributed by atoms with Crippen molar-refractivity contribution in [2.75, 3.05) is 49.7 Å². The quantitative estimate of drug-likeness (QED) is 0.425. The molecule has 3 heterocycles. The first kappa shape index (κ1) is 14.0. The molecule has 2 aromatic heterocycles. The van der Waals surface area contributed by atoms with Gasteiger partial charge in [0.15, 0.2) is 5.65 Å². The fraction of sp³-hybridized carbons (Fsp3) is 0.583. The number of nitrogens with zero attached hydrogens (tertiary/aromatic N) is 5. The van der Waals surface area contributed by atoms with Crippen LogP contribution in [0.15, 0.2) is 6.20 Å². The first-order valence-corrected chi connectivity index (χ1v) is 7.07. The van der Waals surface area contributed by atoms with Gasteiger partial charge in [0, 0.05) is 26.2 Å². The van der Waals surface area contributed by atoms with E-state index in [-0.39, 0.29) is 6.61 Å². The first-order valence-electron chi connectivity index (χ1n) is 7.07. The highest BCUT2D eigenvalue weighted by molar-refractivity contribution is 5.87. The van der Waals surface area contributed by atoms with Crippen LogP contribution >= 0.6 is 0 Å². The van der Waals surface area contributed by atoms with Crippen molar-refractivity contribution in [3.05, 3.63) is 6.20 Å². The van der Waals surface area contributed by atoms with E-state index in [1.54, 1.807) is 6.20 Å². The maximum absolute atomic E-state index is 9.06. The van der Waals surface area contributed by atoms with E-state index in [0.29, 0.717) is 18.1 Å². The Hall–Kier alpha value is -1.97. The number of nitrogen functional groups attached to an aromatic ring is 1. The van der Waals surface area contributed by atoms with Gasteiger partial charge in [-0.1, -0.05) is 0 Å². The zero-order valence-corrected chi connectivity index (χ0v) is 11.8. The Morgan fingerprint density at radius 3 is 3.00 bits per heavy atom. The second-order valence-electron chi connectivity index (χ2n) is 5.05. The number of rotatable bonds is 4. The minimum Gasteiger partial charge on any atom is -0.395 e. The number of nitrogens with two attached hydrogens (primary N) is 1. The normalized spacial score (nSPS) is 17.1. The van der Waals surface area contributed by atoms with Crippen LogP contribution in [0.4, 0.5) is 11.8 Å². The summed E-state index contributed by atoms with van der Waals surface area (Å²) in [5, 5.41) is 16.8. The third-order valence-electron chi connectivity index (χ3n) is 3.72. The van der Waals surface area contributed by atoms with Crippen LogP contribution in [-0.4, -0.2) is 69.5 Å². The molecule has 2 aromatic rings. The Balaban J connectivity index is 1.87. The molecule has 0 aliphatic carbocycles. The second-order valence-corrected chi connectivity index (χ2v) is 5.05. The highest BCUT2D eigenvalue weighted by atomic mass is 16.3. The standard InChI is InChI=1S/C12H20N8O/c13-17-12-15-10-9(8-14-18-10)11(16-12)20-3-1-2-19(4-5-20)6-7-21/h8,21H,1-7,13H2,(H2,14,15,16,17,18). The van der Waals surface area contributed by atoms with Gasteiger partial charge in [-0.15, -0.1) is 0 Å². The molecule has 3 rings (SSSR count). The minimum atomic E-state index is 0.195. The molecule has 0 unspecified atom stereocenters. The van der Waals surface area contributed by atoms with Crippen molar-refractivity contribution < 1.29 is 5.11 Å². The van der Waals surface area contributed by atoms with E-state index in [1.165, 1.54) is 0 Å². The number of aromatic nitrogens is 4. The lowest BCUT2D eigenvalue weighted by Crippen LogP contribution is -2.33. The van der Waals surface area contributed by atoms with E-state index >= 15 is 0 Å². The average molecular weight is 292 g/mol. The van der Waals surface area contributed by atoms with Gasteiger partial charge < -0.3 is 10.0 Å². The molecule has 0 spiro atoms. The Kier molecular flexibility index (Phi) is 4.13. The molecular formula is C12H20N8O. The number of anilines is 2. The van der Waals surface area contributed by atoms with E-state index < -0.39 is 0 Å². The molecule has 0 aromatic carbocycles. The third-order valence-corrected chi connectivity index (χ3v) is 3.72. The molecule has 9 nitrogen and oxygen atoms in total. The first-order chi connectivity index (χ1) is 10.3. The van der Waals surface area contributed by atoms with Crippen molar-refractivity contribution in [3.8, 4) is 0 Å². The summed E-state index contributed by atoms with van der Waals surface area (Å²) in [7, 11) is 0. The van der Waals surface area contributed by atoms with E-state index in [4.69, 9.17) is 10.9 Å². The summed E-state index contributed by atoms with van der Waals surface area (Å²) < 4.78 is 0. The molecule has 0 radical (unpaired) electrons. The van der Waals surface area contributed by atoms with Gasteiger partial charge in [0.2, 0.25) is 5.95 Å². The summed E-state index contributed by atoms with van der Waals surface area (Å²) >= 11 is 0. The summed E-state index contributed by atoms with van der Waals surface area (Å²) in [5.74, 6) is 6.65. The highest BCUT2D eigenvalue weighted by Gasteiger charge is 2.19. The van der Waals surface area contributed by atoms with E-state index in [0.717, 1.165) is 43.8 Å². The van der Waals surface area contributed by atoms with Gasteiger partial charge in [-0.25, -0.2) is 5.84 Å². The number of H-pyrrole nitrogens is 1. The molecule has 1 saturated heterocycles. The molecule has 1 aliphatic rings. The van der Waals surface area contributed by atoms with Crippen LogP contribution in [0, 0.1) is 0 Å². The molecule has 9 heteroatoms. The predicted molar refractivity (Wildman–Crippen MR) is 79.8 cm³/mol. The van der Waals surface area contributed by atoms with Crippen LogP contribution in [0.1, 0.15) is 6.42 Å². The zero-order chi connectivity index (χ0) is 14.7. The second kappa shape index (κ2) is 6.20. The third kappa shape index (κ3) is 2.89. The monoisotopic (exact) mass is 292 g/mol. The summed E-state index contributed by atoms with van der Waals surface area (Å²) in [4.78, 5) is 13.2. The average Bonchev–Trinajstić information content (AvgIpc) is 2.86. The van der Waals surface area contributed by atoms with Crippen LogP contribution in [0.3, 0.4) is 0 Å². The highest BCUT2D eigenvalue weighted by Crippen LogP contribution is 2.24. The van der Waals surface area contributed by atoms with Crippen molar-refractivity contribution >= 4 is 22.8 Å². The van der Waals surface area contributed by atoms with Gasteiger partial charge in [-0.3, -0.25) is 15.4 Å². The van der Waals surface area contributed by atoms with E-state index in [9.17, 15) is 0 Å². The molecule has 1 fully saturated rings. The van der Waals surface area contributed by atoms with Crippen LogP contribution in [0.25, 0.3) is 11.0 Å². The maximum Gasteiger partial charge on any atom is 0.241 e. The minimum absolute atomic E-state index is 0.195. The van der Waals surface area contributed by atoms with Gasteiger partial charge in [-0.2, -0.15) is 15.1 Å². The number of hydrogen-bond acceptors (Lipinski definition) is 8. The van der Waals surface area contributed by atoms with Gasteiger partial charge in [0.25, 0.3) is 0 Å². The predicted octanol–water partition coefficient (Wildman–Crippen LogP) is -0.857. The SMILES string of the molecule is NNc1nc(N2CCCN(CCO)CC2)c2cn[nH]c2n1. The molecule has 0 bridgehead atoms. The number of hydrazine groups is 1. The lowest BCUT2D eigenvalue weighted by atomic mass is 10.3. The van der Waals surface area contributed by atoms with Crippen LogP contribution in [0.2, 0.25) is 0 Å².